The maximum Gasteiger partial charge on any atom is 0.230 e. The van der Waals surface area contributed by atoms with Crippen LogP contribution in [0.25, 0.3) is 0 Å². The SMILES string of the molecule is CC(C)Oc1ccc(CO/N=C(/N)c2cccnc2Oc2ccccc2)cc1. The second kappa shape index (κ2) is 9.41. The largest absolute Gasteiger partial charge is 0.491 e. The van der Waals surface area contributed by atoms with E-state index in [2.05, 4.69) is 10.1 Å². The van der Waals surface area contributed by atoms with Gasteiger partial charge in [-0.05, 0) is 55.8 Å². The van der Waals surface area contributed by atoms with Crippen molar-refractivity contribution >= 4 is 5.84 Å². The van der Waals surface area contributed by atoms with Gasteiger partial charge < -0.3 is 20.0 Å². The van der Waals surface area contributed by atoms with Crippen LogP contribution in [0, 0.1) is 0 Å². The molecular formula is C22H23N3O3. The average Bonchev–Trinajstić information content (AvgIpc) is 2.70. The van der Waals surface area contributed by atoms with E-state index in [1.54, 1.807) is 18.3 Å². The van der Waals surface area contributed by atoms with Gasteiger partial charge in [0.05, 0.1) is 11.7 Å². The molecule has 0 fully saturated rings. The molecule has 1 aromatic heterocycles. The number of pyridine rings is 1. The maximum absolute atomic E-state index is 6.08. The summed E-state index contributed by atoms with van der Waals surface area (Å²) in [6, 6.07) is 20.6. The number of amidine groups is 1. The summed E-state index contributed by atoms with van der Waals surface area (Å²) >= 11 is 0. The van der Waals surface area contributed by atoms with E-state index in [9.17, 15) is 0 Å². The molecule has 6 heteroatoms. The minimum absolute atomic E-state index is 0.137. The Balaban J connectivity index is 1.64. The molecule has 0 bridgehead atoms. The predicted molar refractivity (Wildman–Crippen MR) is 108 cm³/mol. The van der Waals surface area contributed by atoms with Crippen molar-refractivity contribution in [3.05, 3.63) is 84.1 Å². The molecule has 0 spiro atoms. The number of hydrogen-bond acceptors (Lipinski definition) is 5. The third kappa shape index (κ3) is 5.48. The second-order valence-electron chi connectivity index (χ2n) is 6.33. The van der Waals surface area contributed by atoms with Crippen molar-refractivity contribution in [1.29, 1.82) is 0 Å². The Labute approximate surface area is 164 Å². The van der Waals surface area contributed by atoms with Gasteiger partial charge in [0.25, 0.3) is 0 Å². The molecule has 3 rings (SSSR count). The summed E-state index contributed by atoms with van der Waals surface area (Å²) in [5, 5.41) is 4.01. The summed E-state index contributed by atoms with van der Waals surface area (Å²) in [4.78, 5) is 9.64. The predicted octanol–water partition coefficient (Wildman–Crippen LogP) is 4.50. The van der Waals surface area contributed by atoms with Crippen LogP contribution in [0.4, 0.5) is 0 Å². The maximum atomic E-state index is 6.08. The van der Waals surface area contributed by atoms with Gasteiger partial charge in [-0.2, -0.15) is 0 Å². The van der Waals surface area contributed by atoms with Gasteiger partial charge in [0, 0.05) is 6.20 Å². The van der Waals surface area contributed by atoms with Crippen LogP contribution in [-0.4, -0.2) is 16.9 Å². The molecule has 0 atom stereocenters. The van der Waals surface area contributed by atoms with Gasteiger partial charge in [0.1, 0.15) is 18.1 Å². The highest BCUT2D eigenvalue weighted by atomic mass is 16.6. The Morgan fingerprint density at radius 3 is 2.43 bits per heavy atom. The lowest BCUT2D eigenvalue weighted by Crippen LogP contribution is -2.15. The van der Waals surface area contributed by atoms with E-state index in [1.165, 1.54) is 0 Å². The lowest BCUT2D eigenvalue weighted by molar-refractivity contribution is 0.130. The number of rotatable bonds is 8. The number of nitrogens with zero attached hydrogens (tertiary/aromatic N) is 2. The normalized spacial score (nSPS) is 11.3. The summed E-state index contributed by atoms with van der Waals surface area (Å²) in [5.74, 6) is 2.05. The van der Waals surface area contributed by atoms with Gasteiger partial charge >= 0.3 is 0 Å². The molecule has 2 aromatic carbocycles. The van der Waals surface area contributed by atoms with Crippen molar-refractivity contribution in [3.63, 3.8) is 0 Å². The van der Waals surface area contributed by atoms with Crippen molar-refractivity contribution in [2.75, 3.05) is 0 Å². The minimum Gasteiger partial charge on any atom is -0.491 e. The molecular weight excluding hydrogens is 354 g/mol. The van der Waals surface area contributed by atoms with E-state index in [1.807, 2.05) is 68.4 Å². The van der Waals surface area contributed by atoms with Gasteiger partial charge in [0.15, 0.2) is 5.84 Å². The van der Waals surface area contributed by atoms with Gasteiger partial charge in [0.2, 0.25) is 5.88 Å². The third-order valence-electron chi connectivity index (χ3n) is 3.69. The highest BCUT2D eigenvalue weighted by Crippen LogP contribution is 2.22. The molecule has 6 nitrogen and oxygen atoms in total. The number of hydrogen-bond donors (Lipinski definition) is 1. The summed E-state index contributed by atoms with van der Waals surface area (Å²) < 4.78 is 11.4. The lowest BCUT2D eigenvalue weighted by Gasteiger charge is -2.10. The van der Waals surface area contributed by atoms with Crippen LogP contribution in [0.15, 0.2) is 78.1 Å². The smallest absolute Gasteiger partial charge is 0.230 e. The van der Waals surface area contributed by atoms with E-state index in [4.69, 9.17) is 20.0 Å². The van der Waals surface area contributed by atoms with Gasteiger partial charge in [-0.15, -0.1) is 0 Å². The van der Waals surface area contributed by atoms with Gasteiger partial charge in [-0.1, -0.05) is 35.5 Å². The summed E-state index contributed by atoms with van der Waals surface area (Å²) in [6.07, 6.45) is 1.77. The molecule has 1 heterocycles. The molecule has 3 aromatic rings. The first-order chi connectivity index (χ1) is 13.6. The van der Waals surface area contributed by atoms with Gasteiger partial charge in [-0.3, -0.25) is 0 Å². The van der Waals surface area contributed by atoms with E-state index in [0.29, 0.717) is 17.2 Å². The minimum atomic E-state index is 0.137. The van der Waals surface area contributed by atoms with Crippen LogP contribution in [0.3, 0.4) is 0 Å². The van der Waals surface area contributed by atoms with Crippen LogP contribution in [0.1, 0.15) is 25.0 Å². The van der Waals surface area contributed by atoms with Crippen LogP contribution >= 0.6 is 0 Å². The third-order valence-corrected chi connectivity index (χ3v) is 3.69. The quantitative estimate of drug-likeness (QED) is 0.355. The molecule has 0 saturated carbocycles. The fraction of sp³-hybridized carbons (Fsp3) is 0.182. The topological polar surface area (TPSA) is 79.0 Å². The highest BCUT2D eigenvalue weighted by molar-refractivity contribution is 5.99. The van der Waals surface area contributed by atoms with E-state index < -0.39 is 0 Å². The standard InChI is InChI=1S/C22H23N3O3/c1-16(2)27-19-12-10-17(11-13-19)15-26-25-21(23)20-9-6-14-24-22(20)28-18-7-4-3-5-8-18/h3-14,16H,15H2,1-2H3,(H2,23,25). The molecule has 0 aliphatic rings. The van der Waals surface area contributed by atoms with Gasteiger partial charge in [-0.25, -0.2) is 4.98 Å². The molecule has 0 saturated heterocycles. The molecule has 0 unspecified atom stereocenters. The highest BCUT2D eigenvalue weighted by Gasteiger charge is 2.10. The van der Waals surface area contributed by atoms with E-state index in [0.717, 1.165) is 11.3 Å². The number of para-hydroxylation sites is 1. The van der Waals surface area contributed by atoms with Crippen molar-refractivity contribution < 1.29 is 14.3 Å². The van der Waals surface area contributed by atoms with Crippen molar-refractivity contribution in [1.82, 2.24) is 4.98 Å². The molecule has 2 N–H and O–H groups in total. The first-order valence-corrected chi connectivity index (χ1v) is 9.01. The zero-order valence-corrected chi connectivity index (χ0v) is 15.9. The summed E-state index contributed by atoms with van der Waals surface area (Å²) in [5.41, 5.74) is 7.60. The van der Waals surface area contributed by atoms with Crippen LogP contribution in [-0.2, 0) is 11.4 Å². The fourth-order valence-corrected chi connectivity index (χ4v) is 2.43. The summed E-state index contributed by atoms with van der Waals surface area (Å²) in [7, 11) is 0. The lowest BCUT2D eigenvalue weighted by atomic mass is 10.2. The first-order valence-electron chi connectivity index (χ1n) is 9.01. The van der Waals surface area contributed by atoms with Crippen LogP contribution in [0.5, 0.6) is 17.4 Å². The number of ether oxygens (including phenoxy) is 2. The molecule has 144 valence electrons. The second-order valence-corrected chi connectivity index (χ2v) is 6.33. The fourth-order valence-electron chi connectivity index (χ4n) is 2.43. The van der Waals surface area contributed by atoms with Crippen molar-refractivity contribution in [2.45, 2.75) is 26.6 Å². The monoisotopic (exact) mass is 377 g/mol. The molecule has 0 radical (unpaired) electrons. The van der Waals surface area contributed by atoms with Crippen LogP contribution in [0.2, 0.25) is 0 Å². The Morgan fingerprint density at radius 2 is 1.71 bits per heavy atom. The van der Waals surface area contributed by atoms with Crippen LogP contribution < -0.4 is 15.2 Å². The Bertz CT molecular complexity index is 910. The number of oxime groups is 1. The van der Waals surface area contributed by atoms with Crippen molar-refractivity contribution in [3.8, 4) is 17.4 Å². The Hall–Kier alpha value is -3.54. The number of aromatic nitrogens is 1. The molecule has 0 aliphatic heterocycles. The average molecular weight is 377 g/mol. The zero-order valence-electron chi connectivity index (χ0n) is 15.9. The molecule has 0 amide bonds. The summed E-state index contributed by atoms with van der Waals surface area (Å²) in [6.45, 7) is 4.27. The van der Waals surface area contributed by atoms with Crippen molar-refractivity contribution in [2.24, 2.45) is 10.9 Å². The Kier molecular flexibility index (Phi) is 6.46. The first kappa shape index (κ1) is 19.2. The van der Waals surface area contributed by atoms with E-state index in [-0.39, 0.29) is 18.5 Å². The number of nitrogens with two attached hydrogens (primary N) is 1. The zero-order chi connectivity index (χ0) is 19.8. The number of benzene rings is 2. The molecule has 0 aliphatic carbocycles. The Morgan fingerprint density at radius 1 is 0.964 bits per heavy atom. The molecule has 28 heavy (non-hydrogen) atoms. The van der Waals surface area contributed by atoms with E-state index >= 15 is 0 Å².